The Morgan fingerprint density at radius 1 is 1.13 bits per heavy atom. The zero-order chi connectivity index (χ0) is 22.8. The highest BCUT2D eigenvalue weighted by Gasteiger charge is 2.24. The molecular weight excluding hydrogens is 414 g/mol. The molecule has 0 spiro atoms. The van der Waals surface area contributed by atoms with E-state index in [1.807, 2.05) is 39.0 Å². The zero-order valence-corrected chi connectivity index (χ0v) is 19.4. The average molecular weight is 442 g/mol. The molecular formula is C24H28ClN3O3. The number of hydrogen-bond donors (Lipinski definition) is 0. The summed E-state index contributed by atoms with van der Waals surface area (Å²) in [6.07, 6.45) is 4.26. The zero-order valence-electron chi connectivity index (χ0n) is 18.6. The Morgan fingerprint density at radius 3 is 2.45 bits per heavy atom. The molecule has 1 aromatic carbocycles. The summed E-state index contributed by atoms with van der Waals surface area (Å²) in [5.74, 6) is -0.139. The molecule has 31 heavy (non-hydrogen) atoms. The normalized spacial score (nSPS) is 14.1. The quantitative estimate of drug-likeness (QED) is 0.662. The molecule has 0 unspecified atom stereocenters. The van der Waals surface area contributed by atoms with E-state index >= 15 is 0 Å². The minimum Gasteiger partial charge on any atom is -0.444 e. The topological polar surface area (TPSA) is 62.7 Å². The molecule has 0 N–H and O–H groups in total. The van der Waals surface area contributed by atoms with Gasteiger partial charge in [-0.3, -0.25) is 9.78 Å². The summed E-state index contributed by atoms with van der Waals surface area (Å²) in [5.41, 5.74) is 3.79. The number of benzene rings is 1. The van der Waals surface area contributed by atoms with Crippen molar-refractivity contribution in [3.05, 3.63) is 58.8 Å². The lowest BCUT2D eigenvalue weighted by Gasteiger charge is -2.29. The molecule has 7 heteroatoms. The Balaban J connectivity index is 1.78. The maximum Gasteiger partial charge on any atom is 0.410 e. The van der Waals surface area contributed by atoms with E-state index in [0.29, 0.717) is 23.7 Å². The fourth-order valence-electron chi connectivity index (χ4n) is 3.30. The van der Waals surface area contributed by atoms with Crippen LogP contribution in [-0.4, -0.2) is 59.6 Å². The second-order valence-electron chi connectivity index (χ2n) is 8.73. The minimum atomic E-state index is -0.505. The van der Waals surface area contributed by atoms with Gasteiger partial charge in [0.25, 0.3) is 5.91 Å². The first-order chi connectivity index (χ1) is 14.5. The lowest BCUT2D eigenvalue weighted by Crippen LogP contribution is -2.39. The largest absolute Gasteiger partial charge is 0.444 e. The molecule has 1 aliphatic rings. The Bertz CT molecular complexity index is 1020. The molecule has 1 aliphatic heterocycles. The predicted molar refractivity (Wildman–Crippen MR) is 123 cm³/mol. The molecule has 0 fully saturated rings. The maximum atomic E-state index is 12.3. The van der Waals surface area contributed by atoms with Gasteiger partial charge in [0, 0.05) is 38.9 Å². The lowest BCUT2D eigenvalue weighted by atomic mass is 9.98. The van der Waals surface area contributed by atoms with Gasteiger partial charge in [0.2, 0.25) is 0 Å². The minimum absolute atomic E-state index is 0.139. The predicted octanol–water partition coefficient (Wildman–Crippen LogP) is 5.13. The number of ether oxygens (including phenoxy) is 1. The monoisotopic (exact) mass is 441 g/mol. The smallest absolute Gasteiger partial charge is 0.410 e. The fourth-order valence-corrected chi connectivity index (χ4v) is 3.56. The summed E-state index contributed by atoms with van der Waals surface area (Å²) in [6.45, 7) is 6.71. The molecule has 6 nitrogen and oxygen atoms in total. The van der Waals surface area contributed by atoms with Crippen LogP contribution in [0.4, 0.5) is 4.79 Å². The summed E-state index contributed by atoms with van der Waals surface area (Å²) in [6, 6.07) is 9.32. The van der Waals surface area contributed by atoms with Crippen LogP contribution in [0.5, 0.6) is 0 Å². The van der Waals surface area contributed by atoms with Crippen LogP contribution in [0.2, 0.25) is 5.02 Å². The lowest BCUT2D eigenvalue weighted by molar-refractivity contribution is 0.0270. The van der Waals surface area contributed by atoms with E-state index in [-0.39, 0.29) is 12.0 Å². The standard InChI is InChI=1S/C24H28ClN3O3/c1-24(2,3)31-23(30)28-12-9-16(10-13-28)17-8-11-26-21(15-17)18-6-7-19(20(25)14-18)22(29)27(4)5/h6-9,11,14-15H,10,12-13H2,1-5H3. The van der Waals surface area contributed by atoms with E-state index in [1.54, 1.807) is 37.3 Å². The fraction of sp³-hybridized carbons (Fsp3) is 0.375. The van der Waals surface area contributed by atoms with Crippen molar-refractivity contribution in [1.82, 2.24) is 14.8 Å². The van der Waals surface area contributed by atoms with Gasteiger partial charge in [-0.15, -0.1) is 0 Å². The van der Waals surface area contributed by atoms with Crippen LogP contribution < -0.4 is 0 Å². The molecule has 1 aromatic heterocycles. The SMILES string of the molecule is CN(C)C(=O)c1ccc(-c2cc(C3=CCN(C(=O)OC(C)(C)C)CC3)ccn2)cc1Cl. The van der Waals surface area contributed by atoms with Gasteiger partial charge in [-0.25, -0.2) is 4.79 Å². The molecule has 2 aromatic rings. The van der Waals surface area contributed by atoms with Crippen molar-refractivity contribution in [2.75, 3.05) is 27.2 Å². The van der Waals surface area contributed by atoms with E-state index in [4.69, 9.17) is 16.3 Å². The third-order valence-corrected chi connectivity index (χ3v) is 5.21. The highest BCUT2D eigenvalue weighted by Crippen LogP contribution is 2.29. The third kappa shape index (κ3) is 5.64. The van der Waals surface area contributed by atoms with Crippen LogP contribution >= 0.6 is 11.6 Å². The van der Waals surface area contributed by atoms with Crippen molar-refractivity contribution in [2.45, 2.75) is 32.8 Å². The Hall–Kier alpha value is -2.86. The first kappa shape index (κ1) is 22.8. The van der Waals surface area contributed by atoms with E-state index in [2.05, 4.69) is 11.1 Å². The maximum absolute atomic E-state index is 12.3. The van der Waals surface area contributed by atoms with Crippen LogP contribution in [0.25, 0.3) is 16.8 Å². The van der Waals surface area contributed by atoms with Crippen LogP contribution in [0.3, 0.4) is 0 Å². The van der Waals surface area contributed by atoms with Crippen molar-refractivity contribution in [1.29, 1.82) is 0 Å². The highest BCUT2D eigenvalue weighted by molar-refractivity contribution is 6.34. The Kier molecular flexibility index (Phi) is 6.70. The van der Waals surface area contributed by atoms with Crippen LogP contribution in [-0.2, 0) is 4.74 Å². The average Bonchev–Trinajstić information content (AvgIpc) is 2.72. The number of pyridine rings is 1. The second kappa shape index (κ2) is 9.10. The van der Waals surface area contributed by atoms with Crippen molar-refractivity contribution >= 4 is 29.2 Å². The van der Waals surface area contributed by atoms with E-state index in [1.165, 1.54) is 4.90 Å². The van der Waals surface area contributed by atoms with Crippen LogP contribution in [0, 0.1) is 0 Å². The molecule has 0 atom stereocenters. The summed E-state index contributed by atoms with van der Waals surface area (Å²) in [4.78, 5) is 32.2. The number of carbonyl (C=O) groups is 2. The summed E-state index contributed by atoms with van der Waals surface area (Å²) in [5, 5.41) is 0.397. The summed E-state index contributed by atoms with van der Waals surface area (Å²) < 4.78 is 5.46. The van der Waals surface area contributed by atoms with Gasteiger partial charge in [0.05, 0.1) is 16.3 Å². The number of nitrogens with zero attached hydrogens (tertiary/aromatic N) is 3. The van der Waals surface area contributed by atoms with E-state index < -0.39 is 5.60 Å². The molecule has 0 aliphatic carbocycles. The molecule has 0 saturated carbocycles. The molecule has 3 rings (SSSR count). The van der Waals surface area contributed by atoms with Gasteiger partial charge in [-0.1, -0.05) is 23.7 Å². The highest BCUT2D eigenvalue weighted by atomic mass is 35.5. The van der Waals surface area contributed by atoms with E-state index in [0.717, 1.165) is 28.8 Å². The number of rotatable bonds is 3. The molecule has 0 bridgehead atoms. The third-order valence-electron chi connectivity index (χ3n) is 4.89. The van der Waals surface area contributed by atoms with Gasteiger partial charge in [0.15, 0.2) is 0 Å². The summed E-state index contributed by atoms with van der Waals surface area (Å²) in [7, 11) is 3.39. The number of aromatic nitrogens is 1. The number of hydrogen-bond acceptors (Lipinski definition) is 4. The first-order valence-corrected chi connectivity index (χ1v) is 10.6. The first-order valence-electron chi connectivity index (χ1n) is 10.2. The van der Waals surface area contributed by atoms with Gasteiger partial charge < -0.3 is 14.5 Å². The van der Waals surface area contributed by atoms with Gasteiger partial charge in [-0.05, 0) is 62.6 Å². The number of amides is 2. The summed E-state index contributed by atoms with van der Waals surface area (Å²) >= 11 is 6.36. The molecule has 2 heterocycles. The van der Waals surface area contributed by atoms with Crippen LogP contribution in [0.15, 0.2) is 42.6 Å². The molecule has 2 amide bonds. The molecule has 164 valence electrons. The van der Waals surface area contributed by atoms with E-state index in [9.17, 15) is 9.59 Å². The molecule has 0 saturated heterocycles. The van der Waals surface area contributed by atoms with Crippen molar-refractivity contribution in [2.24, 2.45) is 0 Å². The number of carbonyl (C=O) groups excluding carboxylic acids is 2. The van der Waals surface area contributed by atoms with Gasteiger partial charge in [0.1, 0.15) is 5.60 Å². The number of halogens is 1. The van der Waals surface area contributed by atoms with Crippen molar-refractivity contribution in [3.63, 3.8) is 0 Å². The van der Waals surface area contributed by atoms with Gasteiger partial charge in [-0.2, -0.15) is 0 Å². The van der Waals surface area contributed by atoms with Crippen molar-refractivity contribution in [3.8, 4) is 11.3 Å². The van der Waals surface area contributed by atoms with Crippen LogP contribution in [0.1, 0.15) is 43.1 Å². The van der Waals surface area contributed by atoms with Gasteiger partial charge >= 0.3 is 6.09 Å². The van der Waals surface area contributed by atoms with Crippen molar-refractivity contribution < 1.29 is 14.3 Å². The molecule has 0 radical (unpaired) electrons. The Labute approximate surface area is 188 Å². The Morgan fingerprint density at radius 2 is 1.87 bits per heavy atom. The second-order valence-corrected chi connectivity index (χ2v) is 9.14.